The van der Waals surface area contributed by atoms with Crippen LogP contribution in [0.2, 0.25) is 0 Å². The van der Waals surface area contributed by atoms with Crippen LogP contribution in [0.25, 0.3) is 0 Å². The van der Waals surface area contributed by atoms with E-state index in [4.69, 9.17) is 0 Å². The topological polar surface area (TPSA) is 0 Å². The average molecular weight is 256 g/mol. The molecule has 0 heteroatoms. The first-order valence-electron chi connectivity index (χ1n) is 8.25. The van der Waals surface area contributed by atoms with Crippen LogP contribution in [0.5, 0.6) is 0 Å². The van der Waals surface area contributed by atoms with E-state index in [0.717, 1.165) is 17.8 Å². The van der Waals surface area contributed by atoms with Crippen LogP contribution >= 0.6 is 0 Å². The lowest BCUT2D eigenvalue weighted by Gasteiger charge is -2.42. The number of hydrogen-bond acceptors (Lipinski definition) is 0. The predicted molar refractivity (Wildman–Crippen MR) is 82.9 cm³/mol. The van der Waals surface area contributed by atoms with Gasteiger partial charge in [0.15, 0.2) is 0 Å². The van der Waals surface area contributed by atoms with Gasteiger partial charge in [-0.3, -0.25) is 0 Å². The highest BCUT2D eigenvalue weighted by molar-refractivity contribution is 5.48. The smallest absolute Gasteiger partial charge is 0.0154 e. The molecule has 2 aliphatic carbocycles. The van der Waals surface area contributed by atoms with Gasteiger partial charge in [-0.1, -0.05) is 32.8 Å². The largest absolute Gasteiger partial charge is 0.0613 e. The maximum Gasteiger partial charge on any atom is -0.0154 e. The van der Waals surface area contributed by atoms with Gasteiger partial charge in [-0.25, -0.2) is 0 Å². The summed E-state index contributed by atoms with van der Waals surface area (Å²) < 4.78 is 0. The minimum atomic E-state index is 0.790. The summed E-state index contributed by atoms with van der Waals surface area (Å²) >= 11 is 0. The third-order valence-corrected chi connectivity index (χ3v) is 6.07. The molecule has 0 nitrogen and oxygen atoms in total. The van der Waals surface area contributed by atoms with Crippen LogP contribution in [0.4, 0.5) is 0 Å². The summed E-state index contributed by atoms with van der Waals surface area (Å²) in [5.41, 5.74) is 8.15. The molecule has 2 aliphatic rings. The molecule has 0 heterocycles. The van der Waals surface area contributed by atoms with Gasteiger partial charge in [-0.2, -0.15) is 0 Å². The van der Waals surface area contributed by atoms with Crippen molar-refractivity contribution >= 4 is 0 Å². The quantitative estimate of drug-likeness (QED) is 0.637. The van der Waals surface area contributed by atoms with Crippen LogP contribution < -0.4 is 0 Å². The first-order chi connectivity index (χ1) is 9.13. The lowest BCUT2D eigenvalue weighted by Crippen LogP contribution is -2.32. The maximum absolute atomic E-state index is 2.54. The van der Waals surface area contributed by atoms with E-state index in [1.165, 1.54) is 38.5 Å². The summed E-state index contributed by atoms with van der Waals surface area (Å²) in [6, 6.07) is 2.54. The Morgan fingerprint density at radius 1 is 1.11 bits per heavy atom. The average Bonchev–Trinajstić information content (AvgIpc) is 2.42. The first-order valence-corrected chi connectivity index (χ1v) is 8.25. The number of rotatable bonds is 1. The Morgan fingerprint density at radius 2 is 1.84 bits per heavy atom. The maximum atomic E-state index is 2.54. The predicted octanol–water partition coefficient (Wildman–Crippen LogP) is 5.33. The van der Waals surface area contributed by atoms with Gasteiger partial charge in [0.1, 0.15) is 0 Å². The molecular weight excluding hydrogens is 228 g/mol. The van der Waals surface area contributed by atoms with E-state index < -0.39 is 0 Å². The van der Waals surface area contributed by atoms with Crippen molar-refractivity contribution < 1.29 is 0 Å². The summed E-state index contributed by atoms with van der Waals surface area (Å²) in [6.07, 6.45) is 8.42. The Kier molecular flexibility index (Phi) is 3.45. The highest BCUT2D eigenvalue weighted by atomic mass is 14.4. The molecule has 0 radical (unpaired) electrons. The van der Waals surface area contributed by atoms with E-state index in [1.807, 2.05) is 0 Å². The zero-order valence-electron chi connectivity index (χ0n) is 13.1. The third-order valence-electron chi connectivity index (χ3n) is 6.07. The molecule has 0 aromatic heterocycles. The number of hydrogen-bond donors (Lipinski definition) is 0. The van der Waals surface area contributed by atoms with Gasteiger partial charge >= 0.3 is 0 Å². The third kappa shape index (κ3) is 2.04. The van der Waals surface area contributed by atoms with Gasteiger partial charge in [0.05, 0.1) is 0 Å². The Morgan fingerprint density at radius 3 is 2.58 bits per heavy atom. The standard InChI is InChI=1S/C19H28/c1-5-15-10-17-11-16-8-6-7-9-18(16)14(4)19(17)13(3)12(15)2/h10,14,16,18H,5-9,11H2,1-4H3/t14-,16-,18+/m1/s1. The molecule has 1 saturated carbocycles. The van der Waals surface area contributed by atoms with Gasteiger partial charge in [0.2, 0.25) is 0 Å². The number of fused-ring (bicyclic) bond motifs is 2. The van der Waals surface area contributed by atoms with Crippen molar-refractivity contribution in [3.8, 4) is 0 Å². The number of aryl methyl sites for hydroxylation is 1. The minimum absolute atomic E-state index is 0.790. The van der Waals surface area contributed by atoms with Crippen LogP contribution in [0.1, 0.15) is 73.3 Å². The molecule has 0 bridgehead atoms. The highest BCUT2D eigenvalue weighted by Gasteiger charge is 2.36. The summed E-state index contributed by atoms with van der Waals surface area (Å²) in [5.74, 6) is 2.73. The second-order valence-electron chi connectivity index (χ2n) is 6.91. The lowest BCUT2D eigenvalue weighted by atomic mass is 9.62. The zero-order chi connectivity index (χ0) is 13.6. The van der Waals surface area contributed by atoms with E-state index >= 15 is 0 Å². The fourth-order valence-corrected chi connectivity index (χ4v) is 4.89. The molecule has 104 valence electrons. The van der Waals surface area contributed by atoms with Gasteiger partial charge in [-0.15, -0.1) is 0 Å². The van der Waals surface area contributed by atoms with Crippen molar-refractivity contribution in [2.75, 3.05) is 0 Å². The van der Waals surface area contributed by atoms with Crippen LogP contribution in [-0.2, 0) is 12.8 Å². The molecule has 3 atom stereocenters. The molecule has 0 amide bonds. The Balaban J connectivity index is 2.09. The highest BCUT2D eigenvalue weighted by Crippen LogP contribution is 2.48. The fraction of sp³-hybridized carbons (Fsp3) is 0.684. The second-order valence-corrected chi connectivity index (χ2v) is 6.91. The SMILES string of the molecule is CCc1cc2c(c(C)c1C)[C@H](C)[C@@H]1CCCC[C@@H]1C2. The molecule has 1 aromatic rings. The zero-order valence-corrected chi connectivity index (χ0v) is 13.1. The van der Waals surface area contributed by atoms with Gasteiger partial charge in [0, 0.05) is 0 Å². The van der Waals surface area contributed by atoms with Gasteiger partial charge in [0.25, 0.3) is 0 Å². The van der Waals surface area contributed by atoms with Crippen molar-refractivity contribution in [2.24, 2.45) is 11.8 Å². The summed E-state index contributed by atoms with van der Waals surface area (Å²) in [7, 11) is 0. The monoisotopic (exact) mass is 256 g/mol. The molecule has 3 rings (SSSR count). The Bertz CT molecular complexity index is 483. The molecule has 1 aromatic carbocycles. The van der Waals surface area contributed by atoms with Crippen LogP contribution in [0, 0.1) is 25.7 Å². The number of benzene rings is 1. The van der Waals surface area contributed by atoms with E-state index in [9.17, 15) is 0 Å². The molecule has 0 unspecified atom stereocenters. The second kappa shape index (κ2) is 4.96. The van der Waals surface area contributed by atoms with Gasteiger partial charge in [-0.05, 0) is 85.1 Å². The lowest BCUT2D eigenvalue weighted by molar-refractivity contribution is 0.190. The summed E-state index contributed by atoms with van der Waals surface area (Å²) in [6.45, 7) is 9.49. The van der Waals surface area contributed by atoms with Crippen LogP contribution in [0.15, 0.2) is 6.07 Å². The molecule has 0 saturated heterocycles. The Labute approximate surface area is 118 Å². The van der Waals surface area contributed by atoms with E-state index in [0.29, 0.717) is 0 Å². The molecule has 0 spiro atoms. The van der Waals surface area contributed by atoms with Crippen molar-refractivity contribution in [3.63, 3.8) is 0 Å². The van der Waals surface area contributed by atoms with E-state index in [-0.39, 0.29) is 0 Å². The normalized spacial score (nSPS) is 29.8. The van der Waals surface area contributed by atoms with Crippen LogP contribution in [-0.4, -0.2) is 0 Å². The fourth-order valence-electron chi connectivity index (χ4n) is 4.89. The summed E-state index contributed by atoms with van der Waals surface area (Å²) in [4.78, 5) is 0. The molecule has 19 heavy (non-hydrogen) atoms. The van der Waals surface area contributed by atoms with Crippen molar-refractivity contribution in [1.82, 2.24) is 0 Å². The summed E-state index contributed by atoms with van der Waals surface area (Å²) in [5, 5.41) is 0. The van der Waals surface area contributed by atoms with Crippen molar-refractivity contribution in [2.45, 2.75) is 72.1 Å². The Hall–Kier alpha value is -0.780. The molecule has 1 fully saturated rings. The van der Waals surface area contributed by atoms with E-state index in [1.54, 1.807) is 27.8 Å². The van der Waals surface area contributed by atoms with Gasteiger partial charge < -0.3 is 0 Å². The molecule has 0 N–H and O–H groups in total. The molecule has 0 aliphatic heterocycles. The first kappa shape index (κ1) is 13.2. The van der Waals surface area contributed by atoms with Crippen molar-refractivity contribution in [3.05, 3.63) is 33.9 Å². The molecular formula is C19H28. The van der Waals surface area contributed by atoms with Crippen molar-refractivity contribution in [1.29, 1.82) is 0 Å². The minimum Gasteiger partial charge on any atom is -0.0613 e. The van der Waals surface area contributed by atoms with Crippen LogP contribution in [0.3, 0.4) is 0 Å². The van der Waals surface area contributed by atoms with E-state index in [2.05, 4.69) is 33.8 Å².